The molecule has 0 fully saturated rings. The van der Waals surface area contributed by atoms with E-state index in [-0.39, 0.29) is 23.0 Å². The maximum Gasteiger partial charge on any atom is 0.418 e. The van der Waals surface area contributed by atoms with E-state index < -0.39 is 34.8 Å². The van der Waals surface area contributed by atoms with Crippen molar-refractivity contribution in [2.75, 3.05) is 5.32 Å². The number of hydrogen-bond acceptors (Lipinski definition) is 6. The first-order valence-electron chi connectivity index (χ1n) is 9.11. The van der Waals surface area contributed by atoms with E-state index in [4.69, 9.17) is 9.68 Å². The Morgan fingerprint density at radius 3 is 2.29 bits per heavy atom. The number of nitriles is 1. The lowest BCUT2D eigenvalue weighted by Gasteiger charge is -2.29. The number of nitrogens with one attached hydrogen (secondary N) is 1. The molecule has 0 bridgehead atoms. The normalized spacial score (nSPS) is 13.0. The minimum Gasteiger partial charge on any atom is -0.418 e. The minimum atomic E-state index is -4.74. The molecule has 0 aliphatic carbocycles. The number of rotatable bonds is 5. The van der Waals surface area contributed by atoms with Gasteiger partial charge in [-0.1, -0.05) is 0 Å². The lowest BCUT2D eigenvalue weighted by atomic mass is 9.96. The molecule has 2 aromatic carbocycles. The molecule has 10 heteroatoms. The molecule has 0 radical (unpaired) electrons. The van der Waals surface area contributed by atoms with E-state index in [2.05, 4.69) is 15.5 Å². The molecule has 162 valence electrons. The molecule has 0 unspecified atom stereocenters. The summed E-state index contributed by atoms with van der Waals surface area (Å²) in [6.45, 7) is 4.08. The van der Waals surface area contributed by atoms with Crippen molar-refractivity contribution in [1.29, 1.82) is 5.26 Å². The van der Waals surface area contributed by atoms with E-state index in [0.717, 1.165) is 6.07 Å². The third kappa shape index (κ3) is 4.67. The number of aliphatic hydroxyl groups is 1. The van der Waals surface area contributed by atoms with Gasteiger partial charge in [-0.15, -0.1) is 10.2 Å². The Hall–Kier alpha value is -3.45. The van der Waals surface area contributed by atoms with Gasteiger partial charge in [0.05, 0.1) is 22.8 Å². The Balaban J connectivity index is 2.01. The highest BCUT2D eigenvalue weighted by Crippen LogP contribution is 2.39. The van der Waals surface area contributed by atoms with Crippen LogP contribution in [0.2, 0.25) is 0 Å². The lowest BCUT2D eigenvalue weighted by molar-refractivity contribution is -0.138. The maximum absolute atomic E-state index is 13.5. The number of hydrogen-bond donors (Lipinski definition) is 2. The van der Waals surface area contributed by atoms with Crippen molar-refractivity contribution in [3.8, 4) is 17.5 Å². The van der Waals surface area contributed by atoms with E-state index in [1.54, 1.807) is 6.07 Å². The summed E-state index contributed by atoms with van der Waals surface area (Å²) in [5, 5.41) is 30.3. The van der Waals surface area contributed by atoms with E-state index in [1.165, 1.54) is 51.1 Å². The molecular weight excluding hydrogens is 416 g/mol. The van der Waals surface area contributed by atoms with Gasteiger partial charge >= 0.3 is 6.18 Å². The summed E-state index contributed by atoms with van der Waals surface area (Å²) >= 11 is 0. The van der Waals surface area contributed by atoms with Crippen LogP contribution in [-0.4, -0.2) is 20.9 Å². The smallest absolute Gasteiger partial charge is 0.418 e. The Morgan fingerprint density at radius 2 is 1.74 bits per heavy atom. The monoisotopic (exact) mass is 434 g/mol. The van der Waals surface area contributed by atoms with Gasteiger partial charge in [-0.05, 0) is 62.7 Å². The molecule has 1 heterocycles. The fourth-order valence-corrected chi connectivity index (χ4v) is 3.08. The van der Waals surface area contributed by atoms with Gasteiger partial charge in [-0.25, -0.2) is 4.39 Å². The van der Waals surface area contributed by atoms with Crippen LogP contribution in [0, 0.1) is 24.1 Å². The summed E-state index contributed by atoms with van der Waals surface area (Å²) in [4.78, 5) is 0. The van der Waals surface area contributed by atoms with Crippen molar-refractivity contribution >= 4 is 5.69 Å². The fraction of sp³-hybridized carbons (Fsp3) is 0.286. The molecule has 1 atom stereocenters. The van der Waals surface area contributed by atoms with Crippen molar-refractivity contribution in [3.63, 3.8) is 0 Å². The van der Waals surface area contributed by atoms with E-state index in [9.17, 15) is 22.7 Å². The van der Waals surface area contributed by atoms with Gasteiger partial charge in [-0.2, -0.15) is 18.4 Å². The minimum absolute atomic E-state index is 0.0417. The highest BCUT2D eigenvalue weighted by Gasteiger charge is 2.38. The molecule has 3 rings (SSSR count). The second-order valence-corrected chi connectivity index (χ2v) is 7.45. The van der Waals surface area contributed by atoms with Crippen LogP contribution < -0.4 is 5.32 Å². The molecule has 0 saturated heterocycles. The van der Waals surface area contributed by atoms with E-state index >= 15 is 0 Å². The predicted molar refractivity (Wildman–Crippen MR) is 103 cm³/mol. The third-order valence-electron chi connectivity index (χ3n) is 4.65. The van der Waals surface area contributed by atoms with Crippen molar-refractivity contribution in [2.24, 2.45) is 0 Å². The fourth-order valence-electron chi connectivity index (χ4n) is 3.08. The molecular formula is C21H18F4N4O2. The molecule has 1 aromatic heterocycles. The Kier molecular flexibility index (Phi) is 5.74. The summed E-state index contributed by atoms with van der Waals surface area (Å²) in [6.07, 6.45) is -4.74. The first-order chi connectivity index (χ1) is 14.4. The van der Waals surface area contributed by atoms with Crippen molar-refractivity contribution in [2.45, 2.75) is 38.6 Å². The van der Waals surface area contributed by atoms with Crippen LogP contribution in [0.25, 0.3) is 11.5 Å². The average molecular weight is 434 g/mol. The number of anilines is 1. The van der Waals surface area contributed by atoms with Crippen molar-refractivity contribution in [1.82, 2.24) is 10.2 Å². The van der Waals surface area contributed by atoms with Crippen LogP contribution in [0.3, 0.4) is 0 Å². The molecule has 0 spiro atoms. The Bertz CT molecular complexity index is 1130. The van der Waals surface area contributed by atoms with Crippen LogP contribution in [0.5, 0.6) is 0 Å². The van der Waals surface area contributed by atoms with Gasteiger partial charge in [0.2, 0.25) is 11.8 Å². The summed E-state index contributed by atoms with van der Waals surface area (Å²) < 4.78 is 59.2. The zero-order valence-corrected chi connectivity index (χ0v) is 16.8. The van der Waals surface area contributed by atoms with Gasteiger partial charge in [-0.3, -0.25) is 0 Å². The summed E-state index contributed by atoms with van der Waals surface area (Å²) in [6, 6.07) is 8.12. The highest BCUT2D eigenvalue weighted by molar-refractivity contribution is 5.61. The number of aromatic nitrogens is 2. The summed E-state index contributed by atoms with van der Waals surface area (Å²) in [5.41, 5.74) is -2.83. The first-order valence-corrected chi connectivity index (χ1v) is 9.11. The maximum atomic E-state index is 13.5. The third-order valence-corrected chi connectivity index (χ3v) is 4.65. The predicted octanol–water partition coefficient (Wildman–Crippen LogP) is 5.00. The zero-order valence-electron chi connectivity index (χ0n) is 16.8. The van der Waals surface area contributed by atoms with Crippen LogP contribution >= 0.6 is 0 Å². The Labute approximate surface area is 175 Å². The highest BCUT2D eigenvalue weighted by atomic mass is 19.4. The van der Waals surface area contributed by atoms with Crippen LogP contribution in [0.4, 0.5) is 23.2 Å². The van der Waals surface area contributed by atoms with Gasteiger partial charge in [0.15, 0.2) is 0 Å². The molecule has 2 N–H and O–H groups in total. The SMILES string of the molecule is Cc1c(N[C@@H](c2nnc(-c3ccc(F)cc3)o2)C(C)(C)O)ccc(C#N)c1C(F)(F)F. The average Bonchev–Trinajstić information content (AvgIpc) is 3.14. The number of nitrogens with zero attached hydrogens (tertiary/aromatic N) is 3. The molecule has 31 heavy (non-hydrogen) atoms. The number of alkyl halides is 3. The topological polar surface area (TPSA) is 95.0 Å². The molecule has 3 aromatic rings. The quantitative estimate of drug-likeness (QED) is 0.549. The standard InChI is InChI=1S/C21H18F4N4O2/c1-11-15(9-6-13(10-26)16(11)21(23,24)25)27-17(20(2,3)30)19-29-28-18(31-19)12-4-7-14(22)8-5-12/h4-9,17,27,30H,1-3H3/t17-/m0/s1. The van der Waals surface area contributed by atoms with Gasteiger partial charge < -0.3 is 14.8 Å². The molecule has 0 aliphatic heterocycles. The van der Waals surface area contributed by atoms with Gasteiger partial charge in [0, 0.05) is 11.3 Å². The van der Waals surface area contributed by atoms with Gasteiger partial charge in [0.1, 0.15) is 11.9 Å². The van der Waals surface area contributed by atoms with E-state index in [1.807, 2.05) is 0 Å². The van der Waals surface area contributed by atoms with E-state index in [0.29, 0.717) is 5.56 Å². The largest absolute Gasteiger partial charge is 0.418 e. The lowest BCUT2D eigenvalue weighted by Crippen LogP contribution is -2.35. The second-order valence-electron chi connectivity index (χ2n) is 7.45. The summed E-state index contributed by atoms with van der Waals surface area (Å²) in [5.74, 6) is -0.473. The number of benzene rings is 2. The van der Waals surface area contributed by atoms with Crippen LogP contribution in [0.1, 0.15) is 42.5 Å². The molecule has 0 aliphatic rings. The van der Waals surface area contributed by atoms with Crippen LogP contribution in [0.15, 0.2) is 40.8 Å². The summed E-state index contributed by atoms with van der Waals surface area (Å²) in [7, 11) is 0. The number of halogens is 4. The van der Waals surface area contributed by atoms with Crippen molar-refractivity contribution in [3.05, 3.63) is 64.8 Å². The molecule has 6 nitrogen and oxygen atoms in total. The van der Waals surface area contributed by atoms with Gasteiger partial charge in [0.25, 0.3) is 0 Å². The Morgan fingerprint density at radius 1 is 1.10 bits per heavy atom. The molecule has 0 saturated carbocycles. The molecule has 0 amide bonds. The zero-order chi connectivity index (χ0) is 23.0. The second kappa shape index (κ2) is 8.00. The van der Waals surface area contributed by atoms with Crippen molar-refractivity contribution < 1.29 is 27.1 Å². The van der Waals surface area contributed by atoms with Crippen LogP contribution in [-0.2, 0) is 6.18 Å². The first kappa shape index (κ1) is 22.2.